The lowest BCUT2D eigenvalue weighted by molar-refractivity contribution is -0.274. The van der Waals surface area contributed by atoms with E-state index in [9.17, 15) is 26.4 Å². The summed E-state index contributed by atoms with van der Waals surface area (Å²) in [5, 5.41) is 0.440. The standard InChI is InChI=1S/C17H15F3N4O4S/c1-29(26,27)22-9-11-3-2-4-15(23-11)24-13-8-12(28-17(18,19)20)6-5-10(13)7-14(24)16(21)25/h2-8,22H,9H2,1H3,(H2,21,25). The van der Waals surface area contributed by atoms with Gasteiger partial charge in [-0.15, -0.1) is 13.2 Å². The van der Waals surface area contributed by atoms with E-state index in [-0.39, 0.29) is 23.6 Å². The molecule has 0 aliphatic heterocycles. The molecule has 3 N–H and O–H groups in total. The number of carbonyl (C=O) groups is 1. The Morgan fingerprint density at radius 3 is 2.59 bits per heavy atom. The SMILES string of the molecule is CS(=O)(=O)NCc1cccc(-n2c(C(N)=O)cc3ccc(OC(F)(F)F)cc32)n1. The number of aromatic nitrogens is 2. The Labute approximate surface area is 163 Å². The number of ether oxygens (including phenoxy) is 1. The Morgan fingerprint density at radius 2 is 1.97 bits per heavy atom. The van der Waals surface area contributed by atoms with Gasteiger partial charge in [-0.1, -0.05) is 6.07 Å². The van der Waals surface area contributed by atoms with Crippen LogP contribution in [0.3, 0.4) is 0 Å². The number of sulfonamides is 1. The number of nitrogens with two attached hydrogens (primary N) is 1. The van der Waals surface area contributed by atoms with Crippen LogP contribution in [0.1, 0.15) is 16.2 Å². The van der Waals surface area contributed by atoms with E-state index in [1.807, 2.05) is 0 Å². The van der Waals surface area contributed by atoms with E-state index in [0.717, 1.165) is 18.4 Å². The lowest BCUT2D eigenvalue weighted by atomic mass is 10.2. The average molecular weight is 428 g/mol. The monoisotopic (exact) mass is 428 g/mol. The van der Waals surface area contributed by atoms with E-state index in [1.165, 1.54) is 22.8 Å². The van der Waals surface area contributed by atoms with Crippen molar-refractivity contribution in [1.29, 1.82) is 0 Å². The Kier molecular flexibility index (Phi) is 5.24. The highest BCUT2D eigenvalue weighted by Gasteiger charge is 2.31. The van der Waals surface area contributed by atoms with Gasteiger partial charge in [0, 0.05) is 11.5 Å². The second kappa shape index (κ2) is 7.37. The van der Waals surface area contributed by atoms with Gasteiger partial charge in [0.1, 0.15) is 17.3 Å². The van der Waals surface area contributed by atoms with Crippen LogP contribution in [0, 0.1) is 0 Å². The van der Waals surface area contributed by atoms with Crippen molar-refractivity contribution in [3.8, 4) is 11.6 Å². The van der Waals surface area contributed by atoms with Gasteiger partial charge in [-0.3, -0.25) is 9.36 Å². The number of fused-ring (bicyclic) bond motifs is 1. The summed E-state index contributed by atoms with van der Waals surface area (Å²) in [5.74, 6) is -1.12. The number of pyridine rings is 1. The highest BCUT2D eigenvalue weighted by molar-refractivity contribution is 7.88. The third kappa shape index (κ3) is 5.03. The first-order valence-electron chi connectivity index (χ1n) is 8.05. The van der Waals surface area contributed by atoms with Crippen molar-refractivity contribution in [1.82, 2.24) is 14.3 Å². The summed E-state index contributed by atoms with van der Waals surface area (Å²) < 4.78 is 67.7. The molecule has 2 aromatic heterocycles. The Morgan fingerprint density at radius 1 is 1.24 bits per heavy atom. The number of rotatable bonds is 6. The quantitative estimate of drug-likeness (QED) is 0.624. The molecule has 12 heteroatoms. The molecule has 0 fully saturated rings. The molecule has 1 amide bonds. The summed E-state index contributed by atoms with van der Waals surface area (Å²) in [7, 11) is -3.46. The zero-order valence-corrected chi connectivity index (χ0v) is 15.7. The number of alkyl halides is 3. The Hall–Kier alpha value is -3.12. The minimum absolute atomic E-state index is 0.00937. The van der Waals surface area contributed by atoms with Crippen LogP contribution < -0.4 is 15.2 Å². The molecule has 0 aliphatic rings. The third-order valence-corrected chi connectivity index (χ3v) is 4.47. The molecule has 0 aliphatic carbocycles. The summed E-state index contributed by atoms with van der Waals surface area (Å²) >= 11 is 0. The van der Waals surface area contributed by atoms with E-state index in [1.54, 1.807) is 12.1 Å². The second-order valence-corrected chi connectivity index (χ2v) is 7.91. The molecule has 3 rings (SSSR count). The molecule has 3 aromatic rings. The molecular weight excluding hydrogens is 413 g/mol. The minimum Gasteiger partial charge on any atom is -0.406 e. The topological polar surface area (TPSA) is 116 Å². The van der Waals surface area contributed by atoms with Crippen molar-refractivity contribution in [3.05, 3.63) is 53.9 Å². The largest absolute Gasteiger partial charge is 0.573 e. The maximum atomic E-state index is 12.6. The lowest BCUT2D eigenvalue weighted by Gasteiger charge is -2.12. The van der Waals surface area contributed by atoms with E-state index in [0.29, 0.717) is 11.1 Å². The van der Waals surface area contributed by atoms with Gasteiger partial charge in [-0.2, -0.15) is 0 Å². The van der Waals surface area contributed by atoms with Gasteiger partial charge in [-0.25, -0.2) is 18.1 Å². The van der Waals surface area contributed by atoms with Gasteiger partial charge in [-0.05, 0) is 30.3 Å². The van der Waals surface area contributed by atoms with Gasteiger partial charge < -0.3 is 10.5 Å². The van der Waals surface area contributed by atoms with Crippen molar-refractivity contribution in [2.45, 2.75) is 12.9 Å². The molecule has 0 saturated heterocycles. The number of halogens is 3. The smallest absolute Gasteiger partial charge is 0.406 e. The van der Waals surface area contributed by atoms with E-state index in [4.69, 9.17) is 5.73 Å². The summed E-state index contributed by atoms with van der Waals surface area (Å²) in [6.45, 7) is -0.111. The van der Waals surface area contributed by atoms with Gasteiger partial charge in [0.05, 0.1) is 24.0 Å². The zero-order chi connectivity index (χ0) is 21.4. The van der Waals surface area contributed by atoms with Crippen LogP contribution in [0.25, 0.3) is 16.7 Å². The minimum atomic E-state index is -4.88. The summed E-state index contributed by atoms with van der Waals surface area (Å²) in [6.07, 6.45) is -3.89. The summed E-state index contributed by atoms with van der Waals surface area (Å²) in [5.41, 5.74) is 5.95. The fraction of sp³-hybridized carbons (Fsp3) is 0.176. The molecular formula is C17H15F3N4O4S. The van der Waals surface area contributed by atoms with Gasteiger partial charge in [0.25, 0.3) is 5.91 Å². The maximum Gasteiger partial charge on any atom is 0.573 e. The number of nitrogens with one attached hydrogen (secondary N) is 1. The fourth-order valence-electron chi connectivity index (χ4n) is 2.70. The molecule has 29 heavy (non-hydrogen) atoms. The number of nitrogens with zero attached hydrogens (tertiary/aromatic N) is 2. The molecule has 0 bridgehead atoms. The van der Waals surface area contributed by atoms with E-state index < -0.39 is 28.0 Å². The first-order chi connectivity index (χ1) is 13.4. The van der Waals surface area contributed by atoms with Gasteiger partial charge >= 0.3 is 6.36 Å². The number of primary amides is 1. The predicted molar refractivity (Wildman–Crippen MR) is 98.0 cm³/mol. The van der Waals surface area contributed by atoms with Gasteiger partial charge in [0.15, 0.2) is 0 Å². The Balaban J connectivity index is 2.12. The zero-order valence-electron chi connectivity index (χ0n) is 14.9. The lowest BCUT2D eigenvalue weighted by Crippen LogP contribution is -2.22. The number of benzene rings is 1. The summed E-state index contributed by atoms with van der Waals surface area (Å²) in [4.78, 5) is 16.2. The number of amides is 1. The highest BCUT2D eigenvalue weighted by atomic mass is 32.2. The van der Waals surface area contributed by atoms with Crippen LogP contribution in [0.2, 0.25) is 0 Å². The van der Waals surface area contributed by atoms with Gasteiger partial charge in [0.2, 0.25) is 10.0 Å². The molecule has 8 nitrogen and oxygen atoms in total. The van der Waals surface area contributed by atoms with Crippen LogP contribution in [0.4, 0.5) is 13.2 Å². The predicted octanol–water partition coefficient (Wildman–Crippen LogP) is 2.07. The molecule has 0 saturated carbocycles. The molecule has 0 radical (unpaired) electrons. The van der Waals surface area contributed by atoms with Crippen LogP contribution in [0.5, 0.6) is 5.75 Å². The molecule has 154 valence electrons. The van der Waals surface area contributed by atoms with Crippen molar-refractivity contribution in [2.75, 3.05) is 6.26 Å². The molecule has 0 spiro atoms. The first-order valence-corrected chi connectivity index (χ1v) is 9.94. The third-order valence-electron chi connectivity index (χ3n) is 3.80. The normalized spacial score (nSPS) is 12.3. The number of hydrogen-bond acceptors (Lipinski definition) is 5. The van der Waals surface area contributed by atoms with Crippen molar-refractivity contribution < 1.29 is 31.1 Å². The summed E-state index contributed by atoms with van der Waals surface area (Å²) in [6, 6.07) is 9.62. The Bertz CT molecular complexity index is 1190. The van der Waals surface area contributed by atoms with Crippen LogP contribution >= 0.6 is 0 Å². The van der Waals surface area contributed by atoms with E-state index >= 15 is 0 Å². The van der Waals surface area contributed by atoms with Crippen LogP contribution in [-0.2, 0) is 16.6 Å². The van der Waals surface area contributed by atoms with Crippen molar-refractivity contribution in [2.24, 2.45) is 5.73 Å². The average Bonchev–Trinajstić information content (AvgIpc) is 2.97. The van der Waals surface area contributed by atoms with Crippen LogP contribution in [-0.4, -0.2) is 36.5 Å². The van der Waals surface area contributed by atoms with E-state index in [2.05, 4.69) is 14.4 Å². The first kappa shape index (κ1) is 20.6. The highest BCUT2D eigenvalue weighted by Crippen LogP contribution is 2.30. The number of carbonyl (C=O) groups excluding carboxylic acids is 1. The molecule has 2 heterocycles. The maximum absolute atomic E-state index is 12.6. The number of hydrogen-bond donors (Lipinski definition) is 2. The van der Waals surface area contributed by atoms with Crippen molar-refractivity contribution in [3.63, 3.8) is 0 Å². The molecule has 0 atom stereocenters. The molecule has 0 unspecified atom stereocenters. The second-order valence-electron chi connectivity index (χ2n) is 6.08. The fourth-order valence-corrected chi connectivity index (χ4v) is 3.11. The van der Waals surface area contributed by atoms with Crippen molar-refractivity contribution >= 4 is 26.8 Å². The van der Waals surface area contributed by atoms with Crippen LogP contribution in [0.15, 0.2) is 42.5 Å². The molecule has 1 aromatic carbocycles.